The second-order valence-electron chi connectivity index (χ2n) is 5.46. The summed E-state index contributed by atoms with van der Waals surface area (Å²) in [4.78, 5) is 14.8. The first-order chi connectivity index (χ1) is 9.56. The van der Waals surface area contributed by atoms with Crippen molar-refractivity contribution in [2.45, 2.75) is 39.3 Å². The molecule has 2 atom stereocenters. The Kier molecular flexibility index (Phi) is 4.65. The van der Waals surface area contributed by atoms with Gasteiger partial charge in [0.1, 0.15) is 0 Å². The number of carbonyl (C=O) groups excluding carboxylic acids is 1. The summed E-state index contributed by atoms with van der Waals surface area (Å²) in [6.07, 6.45) is 1.02. The highest BCUT2D eigenvalue weighted by Crippen LogP contribution is 2.23. The van der Waals surface area contributed by atoms with E-state index in [4.69, 9.17) is 4.74 Å². The number of nitrogens with one attached hydrogen (secondary N) is 1. The van der Waals surface area contributed by atoms with E-state index < -0.39 is 0 Å². The lowest BCUT2D eigenvalue weighted by molar-refractivity contribution is -0.0443. The third-order valence-electron chi connectivity index (χ3n) is 3.87. The quantitative estimate of drug-likeness (QED) is 0.923. The number of rotatable bonds is 3. The van der Waals surface area contributed by atoms with Crippen molar-refractivity contribution in [2.24, 2.45) is 0 Å². The van der Waals surface area contributed by atoms with Crippen molar-refractivity contribution in [3.63, 3.8) is 0 Å². The molecule has 0 saturated carbocycles. The third-order valence-corrected chi connectivity index (χ3v) is 3.87. The van der Waals surface area contributed by atoms with Gasteiger partial charge in [0.25, 0.3) is 5.91 Å². The van der Waals surface area contributed by atoms with E-state index in [1.54, 1.807) is 0 Å². The van der Waals surface area contributed by atoms with Crippen molar-refractivity contribution in [1.29, 1.82) is 0 Å². The van der Waals surface area contributed by atoms with E-state index in [1.807, 2.05) is 44.0 Å². The van der Waals surface area contributed by atoms with E-state index in [0.717, 1.165) is 23.2 Å². The van der Waals surface area contributed by atoms with Crippen LogP contribution in [0.25, 0.3) is 0 Å². The van der Waals surface area contributed by atoms with Gasteiger partial charge in [0.15, 0.2) is 0 Å². The number of aryl methyl sites for hydroxylation is 1. The highest BCUT2D eigenvalue weighted by Gasteiger charge is 2.30. The highest BCUT2D eigenvalue weighted by molar-refractivity contribution is 6.00. The van der Waals surface area contributed by atoms with Crippen LogP contribution in [0.5, 0.6) is 0 Å². The maximum Gasteiger partial charge on any atom is 0.256 e. The molecule has 4 nitrogen and oxygen atoms in total. The summed E-state index contributed by atoms with van der Waals surface area (Å²) in [7, 11) is 1.85. The average molecular weight is 276 g/mol. The maximum atomic E-state index is 12.8. The summed E-state index contributed by atoms with van der Waals surface area (Å²) in [5.74, 6) is 0.0938. The van der Waals surface area contributed by atoms with E-state index in [1.165, 1.54) is 0 Å². The SMILES string of the molecule is CCC1COC(C)CN1C(=O)c1ccc(C)cc1NC. The minimum atomic E-state index is 0.0938. The van der Waals surface area contributed by atoms with Crippen molar-refractivity contribution in [2.75, 3.05) is 25.5 Å². The molecule has 1 heterocycles. The first-order valence-electron chi connectivity index (χ1n) is 7.27. The predicted molar refractivity (Wildman–Crippen MR) is 81.3 cm³/mol. The van der Waals surface area contributed by atoms with E-state index in [2.05, 4.69) is 12.2 Å². The molecule has 0 bridgehead atoms. The van der Waals surface area contributed by atoms with Crippen LogP contribution in [0.1, 0.15) is 36.2 Å². The number of carbonyl (C=O) groups is 1. The van der Waals surface area contributed by atoms with Gasteiger partial charge in [0.05, 0.1) is 24.3 Å². The van der Waals surface area contributed by atoms with E-state index in [-0.39, 0.29) is 18.1 Å². The molecule has 2 rings (SSSR count). The molecule has 1 amide bonds. The van der Waals surface area contributed by atoms with Crippen molar-refractivity contribution in [1.82, 2.24) is 4.90 Å². The fourth-order valence-electron chi connectivity index (χ4n) is 2.64. The van der Waals surface area contributed by atoms with E-state index in [0.29, 0.717) is 13.2 Å². The summed E-state index contributed by atoms with van der Waals surface area (Å²) in [5, 5.41) is 3.12. The summed E-state index contributed by atoms with van der Waals surface area (Å²) in [6.45, 7) is 7.43. The summed E-state index contributed by atoms with van der Waals surface area (Å²) >= 11 is 0. The number of ether oxygens (including phenoxy) is 1. The summed E-state index contributed by atoms with van der Waals surface area (Å²) < 4.78 is 5.66. The number of nitrogens with zero attached hydrogens (tertiary/aromatic N) is 1. The molecule has 2 unspecified atom stereocenters. The molecule has 4 heteroatoms. The molecule has 1 N–H and O–H groups in total. The standard InChI is InChI=1S/C16H24N2O2/c1-5-13-10-20-12(3)9-18(13)16(19)14-7-6-11(2)8-15(14)17-4/h6-8,12-13,17H,5,9-10H2,1-4H3. The number of anilines is 1. The topological polar surface area (TPSA) is 41.6 Å². The highest BCUT2D eigenvalue weighted by atomic mass is 16.5. The molecular weight excluding hydrogens is 252 g/mol. The van der Waals surface area contributed by atoms with E-state index in [9.17, 15) is 4.79 Å². The van der Waals surface area contributed by atoms with E-state index >= 15 is 0 Å². The second-order valence-corrected chi connectivity index (χ2v) is 5.46. The number of benzene rings is 1. The van der Waals surface area contributed by atoms with Crippen LogP contribution < -0.4 is 5.32 Å². The van der Waals surface area contributed by atoms with Gasteiger partial charge in [0.2, 0.25) is 0 Å². The van der Waals surface area contributed by atoms with Gasteiger partial charge in [-0.25, -0.2) is 0 Å². The predicted octanol–water partition coefficient (Wildman–Crippen LogP) is 2.68. The molecule has 1 aliphatic heterocycles. The molecule has 1 aromatic carbocycles. The smallest absolute Gasteiger partial charge is 0.256 e. The Balaban J connectivity index is 2.29. The molecule has 0 aromatic heterocycles. The molecule has 0 spiro atoms. The Morgan fingerprint density at radius 3 is 2.90 bits per heavy atom. The number of morpholine rings is 1. The van der Waals surface area contributed by atoms with Gasteiger partial charge < -0.3 is 15.0 Å². The Bertz CT molecular complexity index is 487. The first kappa shape index (κ1) is 14.9. The Morgan fingerprint density at radius 2 is 2.25 bits per heavy atom. The normalized spacial score (nSPS) is 22.7. The van der Waals surface area contributed by atoms with Crippen LogP contribution in [-0.2, 0) is 4.74 Å². The van der Waals surface area contributed by atoms with Gasteiger partial charge >= 0.3 is 0 Å². The van der Waals surface area contributed by atoms with Crippen LogP contribution in [-0.4, -0.2) is 43.2 Å². The lowest BCUT2D eigenvalue weighted by atomic mass is 10.0. The number of hydrogen-bond acceptors (Lipinski definition) is 3. The fraction of sp³-hybridized carbons (Fsp3) is 0.562. The molecule has 1 aromatic rings. The zero-order valence-electron chi connectivity index (χ0n) is 12.8. The van der Waals surface area contributed by atoms with Crippen LogP contribution in [0.3, 0.4) is 0 Å². The number of amides is 1. The molecule has 1 aliphatic rings. The van der Waals surface area contributed by atoms with Gasteiger partial charge in [-0.15, -0.1) is 0 Å². The summed E-state index contributed by atoms with van der Waals surface area (Å²) in [5.41, 5.74) is 2.78. The van der Waals surface area contributed by atoms with Gasteiger partial charge in [-0.2, -0.15) is 0 Å². The van der Waals surface area contributed by atoms with Gasteiger partial charge in [-0.05, 0) is 38.0 Å². The fourth-order valence-corrected chi connectivity index (χ4v) is 2.64. The lowest BCUT2D eigenvalue weighted by Gasteiger charge is -2.38. The Hall–Kier alpha value is -1.55. The number of hydrogen-bond donors (Lipinski definition) is 1. The van der Waals surface area contributed by atoms with Crippen molar-refractivity contribution in [3.8, 4) is 0 Å². The monoisotopic (exact) mass is 276 g/mol. The van der Waals surface area contributed by atoms with Gasteiger partial charge in [-0.3, -0.25) is 4.79 Å². The Morgan fingerprint density at radius 1 is 1.50 bits per heavy atom. The molecule has 1 fully saturated rings. The van der Waals surface area contributed by atoms with Crippen LogP contribution in [0.15, 0.2) is 18.2 Å². The van der Waals surface area contributed by atoms with Gasteiger partial charge in [0, 0.05) is 19.3 Å². The third kappa shape index (κ3) is 2.96. The minimum Gasteiger partial charge on any atom is -0.387 e. The molecule has 0 radical (unpaired) electrons. The second kappa shape index (κ2) is 6.27. The van der Waals surface area contributed by atoms with Crippen LogP contribution in [0.4, 0.5) is 5.69 Å². The van der Waals surface area contributed by atoms with Crippen molar-refractivity contribution >= 4 is 11.6 Å². The average Bonchev–Trinajstić information content (AvgIpc) is 2.46. The van der Waals surface area contributed by atoms with Crippen molar-refractivity contribution in [3.05, 3.63) is 29.3 Å². The largest absolute Gasteiger partial charge is 0.387 e. The minimum absolute atomic E-state index is 0.0938. The summed E-state index contributed by atoms with van der Waals surface area (Å²) in [6, 6.07) is 6.08. The van der Waals surface area contributed by atoms with Crippen LogP contribution in [0.2, 0.25) is 0 Å². The maximum absolute atomic E-state index is 12.8. The lowest BCUT2D eigenvalue weighted by Crippen LogP contribution is -2.51. The zero-order valence-corrected chi connectivity index (χ0v) is 12.8. The van der Waals surface area contributed by atoms with Crippen LogP contribution in [0, 0.1) is 6.92 Å². The molecular formula is C16H24N2O2. The van der Waals surface area contributed by atoms with Crippen molar-refractivity contribution < 1.29 is 9.53 Å². The van der Waals surface area contributed by atoms with Gasteiger partial charge in [-0.1, -0.05) is 13.0 Å². The molecule has 20 heavy (non-hydrogen) atoms. The van der Waals surface area contributed by atoms with Crippen LogP contribution >= 0.6 is 0 Å². The molecule has 110 valence electrons. The Labute approximate surface area is 121 Å². The zero-order chi connectivity index (χ0) is 14.7. The molecule has 0 aliphatic carbocycles. The first-order valence-corrected chi connectivity index (χ1v) is 7.27. The molecule has 1 saturated heterocycles.